The van der Waals surface area contributed by atoms with Gasteiger partial charge in [-0.15, -0.1) is 0 Å². The molecular weight excluding hydrogens is 228 g/mol. The number of carboxylic acids is 1. The number of carbonyl (C=O) groups is 1. The summed E-state index contributed by atoms with van der Waals surface area (Å²) in [5, 5.41) is 9.36. The molecule has 0 spiro atoms. The van der Waals surface area contributed by atoms with Gasteiger partial charge in [-0.25, -0.2) is 4.98 Å². The van der Waals surface area contributed by atoms with Crippen LogP contribution in [0.1, 0.15) is 25.0 Å². The van der Waals surface area contributed by atoms with E-state index in [1.165, 1.54) is 0 Å². The van der Waals surface area contributed by atoms with Gasteiger partial charge in [0.1, 0.15) is 5.65 Å². The van der Waals surface area contributed by atoms with Crippen molar-refractivity contribution < 1.29 is 9.90 Å². The summed E-state index contributed by atoms with van der Waals surface area (Å²) in [6, 6.07) is 3.56. The van der Waals surface area contributed by atoms with Crippen molar-refractivity contribution in [3.8, 4) is 0 Å². The fourth-order valence-corrected chi connectivity index (χ4v) is 1.87. The predicted molar refractivity (Wildman–Crippen MR) is 60.9 cm³/mol. The first-order valence-corrected chi connectivity index (χ1v) is 5.30. The van der Waals surface area contributed by atoms with Gasteiger partial charge in [0.2, 0.25) is 0 Å². The molecular formula is C11H11ClN2O2. The van der Waals surface area contributed by atoms with Gasteiger partial charge < -0.3 is 9.51 Å². The zero-order valence-electron chi connectivity index (χ0n) is 8.72. The van der Waals surface area contributed by atoms with Gasteiger partial charge in [0.25, 0.3) is 0 Å². The third kappa shape index (κ3) is 2.02. The van der Waals surface area contributed by atoms with Crippen molar-refractivity contribution in [3.05, 3.63) is 35.2 Å². The highest BCUT2D eigenvalue weighted by atomic mass is 35.5. The molecule has 0 bridgehead atoms. The molecule has 1 N–H and O–H groups in total. The minimum absolute atomic E-state index is 0.0836. The number of rotatable bonds is 3. The first-order valence-electron chi connectivity index (χ1n) is 4.92. The molecule has 0 amide bonds. The SMILES string of the molecule is CC(CC(=O)O)c1cnc2ccc(Cl)cn12. The van der Waals surface area contributed by atoms with Crippen LogP contribution in [0, 0.1) is 0 Å². The van der Waals surface area contributed by atoms with Crippen molar-refractivity contribution in [2.75, 3.05) is 0 Å². The van der Waals surface area contributed by atoms with Gasteiger partial charge in [0.05, 0.1) is 11.4 Å². The van der Waals surface area contributed by atoms with Gasteiger partial charge >= 0.3 is 5.97 Å². The lowest BCUT2D eigenvalue weighted by Gasteiger charge is -2.08. The van der Waals surface area contributed by atoms with Gasteiger partial charge in [-0.2, -0.15) is 0 Å². The number of aliphatic carboxylic acids is 1. The van der Waals surface area contributed by atoms with E-state index in [0.717, 1.165) is 11.3 Å². The first-order chi connectivity index (χ1) is 7.58. The third-order valence-electron chi connectivity index (χ3n) is 2.48. The van der Waals surface area contributed by atoms with E-state index >= 15 is 0 Å². The van der Waals surface area contributed by atoms with E-state index in [-0.39, 0.29) is 12.3 Å². The smallest absolute Gasteiger partial charge is 0.304 e. The van der Waals surface area contributed by atoms with Crippen LogP contribution in [0.3, 0.4) is 0 Å². The standard InChI is InChI=1S/C11H11ClN2O2/c1-7(4-11(15)16)9-5-13-10-3-2-8(12)6-14(9)10/h2-3,5-7H,4H2,1H3,(H,15,16). The molecule has 2 aromatic rings. The highest BCUT2D eigenvalue weighted by Crippen LogP contribution is 2.21. The Labute approximate surface area is 97.5 Å². The number of halogens is 1. The Hall–Kier alpha value is -1.55. The second kappa shape index (κ2) is 4.14. The second-order valence-electron chi connectivity index (χ2n) is 3.76. The topological polar surface area (TPSA) is 54.6 Å². The fourth-order valence-electron chi connectivity index (χ4n) is 1.70. The molecule has 0 radical (unpaired) electrons. The zero-order valence-corrected chi connectivity index (χ0v) is 9.48. The zero-order chi connectivity index (χ0) is 11.7. The molecule has 16 heavy (non-hydrogen) atoms. The minimum Gasteiger partial charge on any atom is -0.481 e. The molecule has 2 rings (SSSR count). The normalized spacial score (nSPS) is 12.9. The summed E-state index contributed by atoms with van der Waals surface area (Å²) < 4.78 is 1.83. The highest BCUT2D eigenvalue weighted by Gasteiger charge is 2.14. The largest absolute Gasteiger partial charge is 0.481 e. The van der Waals surface area contributed by atoms with Gasteiger partial charge in [-0.1, -0.05) is 18.5 Å². The van der Waals surface area contributed by atoms with Crippen LogP contribution in [0.2, 0.25) is 5.02 Å². The van der Waals surface area contributed by atoms with E-state index in [2.05, 4.69) is 4.98 Å². The van der Waals surface area contributed by atoms with Gasteiger partial charge in [0, 0.05) is 24.0 Å². The molecule has 0 aliphatic heterocycles. The van der Waals surface area contributed by atoms with Crippen LogP contribution >= 0.6 is 11.6 Å². The third-order valence-corrected chi connectivity index (χ3v) is 2.71. The number of aromatic nitrogens is 2. The maximum Gasteiger partial charge on any atom is 0.304 e. The van der Waals surface area contributed by atoms with E-state index in [0.29, 0.717) is 5.02 Å². The maximum atomic E-state index is 10.7. The van der Waals surface area contributed by atoms with Crippen LogP contribution < -0.4 is 0 Å². The Bertz CT molecular complexity index is 536. The van der Waals surface area contributed by atoms with Crippen LogP contribution in [-0.4, -0.2) is 20.5 Å². The average molecular weight is 239 g/mol. The molecule has 5 heteroatoms. The fraction of sp³-hybridized carbons (Fsp3) is 0.273. The summed E-state index contributed by atoms with van der Waals surface area (Å²) in [6.07, 6.45) is 3.52. The van der Waals surface area contributed by atoms with Crippen molar-refractivity contribution in [1.29, 1.82) is 0 Å². The predicted octanol–water partition coefficient (Wildman–Crippen LogP) is 2.57. The summed E-state index contributed by atoms with van der Waals surface area (Å²) >= 11 is 5.89. The summed E-state index contributed by atoms with van der Waals surface area (Å²) in [5.74, 6) is -0.907. The number of nitrogens with zero attached hydrogens (tertiary/aromatic N) is 2. The summed E-state index contributed by atoms with van der Waals surface area (Å²) in [6.45, 7) is 1.86. The molecule has 1 atom stereocenters. The van der Waals surface area contributed by atoms with Gasteiger partial charge in [-0.3, -0.25) is 4.79 Å². The number of carboxylic acid groups (broad SMARTS) is 1. The highest BCUT2D eigenvalue weighted by molar-refractivity contribution is 6.30. The van der Waals surface area contributed by atoms with E-state index in [1.807, 2.05) is 11.3 Å². The number of hydrogen-bond acceptors (Lipinski definition) is 2. The molecule has 1 unspecified atom stereocenters. The Morgan fingerprint density at radius 1 is 1.62 bits per heavy atom. The molecule has 0 aromatic carbocycles. The van der Waals surface area contributed by atoms with Gasteiger partial charge in [-0.05, 0) is 12.1 Å². The van der Waals surface area contributed by atoms with Crippen molar-refractivity contribution in [3.63, 3.8) is 0 Å². The van der Waals surface area contributed by atoms with Crippen molar-refractivity contribution in [2.45, 2.75) is 19.3 Å². The minimum atomic E-state index is -0.815. The first kappa shape index (κ1) is 11.0. The van der Waals surface area contributed by atoms with Crippen molar-refractivity contribution in [1.82, 2.24) is 9.38 Å². The van der Waals surface area contributed by atoms with Crippen LogP contribution in [0.5, 0.6) is 0 Å². The molecule has 84 valence electrons. The van der Waals surface area contributed by atoms with E-state index in [4.69, 9.17) is 16.7 Å². The Morgan fingerprint density at radius 3 is 3.06 bits per heavy atom. The molecule has 0 aliphatic carbocycles. The molecule has 2 heterocycles. The molecule has 0 saturated carbocycles. The van der Waals surface area contributed by atoms with E-state index in [1.54, 1.807) is 24.5 Å². The van der Waals surface area contributed by atoms with Gasteiger partial charge in [0.15, 0.2) is 0 Å². The molecule has 4 nitrogen and oxygen atoms in total. The summed E-state index contributed by atoms with van der Waals surface area (Å²) in [5.41, 5.74) is 1.64. The number of imidazole rings is 1. The lowest BCUT2D eigenvalue weighted by molar-refractivity contribution is -0.137. The molecule has 0 saturated heterocycles. The number of hydrogen-bond donors (Lipinski definition) is 1. The number of fused-ring (bicyclic) bond motifs is 1. The van der Waals surface area contributed by atoms with Crippen LogP contribution in [0.15, 0.2) is 24.5 Å². The monoisotopic (exact) mass is 238 g/mol. The Morgan fingerprint density at radius 2 is 2.38 bits per heavy atom. The number of pyridine rings is 1. The van der Waals surface area contributed by atoms with Crippen LogP contribution in [0.4, 0.5) is 0 Å². The molecule has 0 aliphatic rings. The molecule has 0 fully saturated rings. The van der Waals surface area contributed by atoms with Crippen LogP contribution in [0.25, 0.3) is 5.65 Å². The van der Waals surface area contributed by atoms with Crippen LogP contribution in [-0.2, 0) is 4.79 Å². The Balaban J connectivity index is 2.44. The average Bonchev–Trinajstić information content (AvgIpc) is 2.59. The van der Waals surface area contributed by atoms with E-state index in [9.17, 15) is 4.79 Å². The Kier molecular flexibility index (Phi) is 2.83. The summed E-state index contributed by atoms with van der Waals surface area (Å²) in [7, 11) is 0. The lowest BCUT2D eigenvalue weighted by atomic mass is 10.1. The second-order valence-corrected chi connectivity index (χ2v) is 4.19. The maximum absolute atomic E-state index is 10.7. The van der Waals surface area contributed by atoms with Crippen molar-refractivity contribution in [2.24, 2.45) is 0 Å². The quantitative estimate of drug-likeness (QED) is 0.894. The van der Waals surface area contributed by atoms with Crippen molar-refractivity contribution >= 4 is 23.2 Å². The molecule has 2 aromatic heterocycles. The summed E-state index contributed by atoms with van der Waals surface area (Å²) in [4.78, 5) is 14.9. The van der Waals surface area contributed by atoms with E-state index < -0.39 is 5.97 Å². The lowest BCUT2D eigenvalue weighted by Crippen LogP contribution is -2.05.